The molecule has 2 unspecified atom stereocenters. The number of carbonyl (C=O) groups is 1. The highest BCUT2D eigenvalue weighted by Gasteiger charge is 2.25. The molecule has 18 heavy (non-hydrogen) atoms. The van der Waals surface area contributed by atoms with Crippen LogP contribution in [0.2, 0.25) is 0 Å². The molecule has 0 bridgehead atoms. The molecule has 1 amide bonds. The summed E-state index contributed by atoms with van der Waals surface area (Å²) in [5.74, 6) is 0.0771. The number of halogens is 2. The molecule has 0 saturated carbocycles. The van der Waals surface area contributed by atoms with Gasteiger partial charge in [-0.15, -0.1) is 24.8 Å². The molecule has 102 valence electrons. The van der Waals surface area contributed by atoms with Gasteiger partial charge in [0, 0.05) is 37.6 Å². The maximum atomic E-state index is 12.1. The molecule has 2 atom stereocenters. The second kappa shape index (κ2) is 7.56. The van der Waals surface area contributed by atoms with Crippen LogP contribution in [-0.4, -0.2) is 41.0 Å². The zero-order valence-corrected chi connectivity index (χ0v) is 12.1. The molecule has 1 fully saturated rings. The fourth-order valence-electron chi connectivity index (χ4n) is 2.16. The second-order valence-corrected chi connectivity index (χ2v) is 4.42. The van der Waals surface area contributed by atoms with Crippen molar-refractivity contribution in [1.29, 1.82) is 0 Å². The minimum atomic E-state index is 0. The maximum absolute atomic E-state index is 12.1. The summed E-state index contributed by atoms with van der Waals surface area (Å²) >= 11 is 0. The summed E-state index contributed by atoms with van der Waals surface area (Å²) in [7, 11) is 0. The van der Waals surface area contributed by atoms with E-state index in [-0.39, 0.29) is 30.7 Å². The van der Waals surface area contributed by atoms with Crippen LogP contribution in [0.5, 0.6) is 0 Å². The number of hydrogen-bond acceptors (Lipinski definition) is 3. The van der Waals surface area contributed by atoms with Crippen LogP contribution in [0.25, 0.3) is 0 Å². The fourth-order valence-corrected chi connectivity index (χ4v) is 2.16. The van der Waals surface area contributed by atoms with Gasteiger partial charge >= 0.3 is 0 Å². The first-order valence-electron chi connectivity index (χ1n) is 5.62. The first-order valence-corrected chi connectivity index (χ1v) is 5.62. The summed E-state index contributed by atoms with van der Waals surface area (Å²) in [5.41, 5.74) is 0.670. The van der Waals surface area contributed by atoms with E-state index in [4.69, 9.17) is 0 Å². The molecular weight excluding hydrogens is 273 g/mol. The van der Waals surface area contributed by atoms with Crippen molar-refractivity contribution in [2.24, 2.45) is 0 Å². The standard InChI is InChI=1S/C12H17N3O.2ClH/c1-9-7-15(8-10(2)14-9)12(16)11-4-3-5-13-6-11;;/h3-6,9-10,14H,7-8H2,1-2H3;2*1H. The van der Waals surface area contributed by atoms with Crippen molar-refractivity contribution in [2.45, 2.75) is 25.9 Å². The number of rotatable bonds is 1. The smallest absolute Gasteiger partial charge is 0.255 e. The summed E-state index contributed by atoms with van der Waals surface area (Å²) in [6, 6.07) is 4.31. The van der Waals surface area contributed by atoms with Gasteiger partial charge in [-0.05, 0) is 26.0 Å². The molecule has 2 heterocycles. The highest BCUT2D eigenvalue weighted by molar-refractivity contribution is 5.94. The van der Waals surface area contributed by atoms with Crippen molar-refractivity contribution in [2.75, 3.05) is 13.1 Å². The predicted molar refractivity (Wildman–Crippen MR) is 76.7 cm³/mol. The van der Waals surface area contributed by atoms with Gasteiger partial charge in [-0.25, -0.2) is 0 Å². The Morgan fingerprint density at radius 3 is 2.44 bits per heavy atom. The maximum Gasteiger partial charge on any atom is 0.255 e. The van der Waals surface area contributed by atoms with Crippen LogP contribution in [0.15, 0.2) is 24.5 Å². The van der Waals surface area contributed by atoms with E-state index in [2.05, 4.69) is 24.1 Å². The van der Waals surface area contributed by atoms with Gasteiger partial charge in [-0.3, -0.25) is 9.78 Å². The molecule has 0 aromatic carbocycles. The number of pyridine rings is 1. The first kappa shape index (κ1) is 17.2. The van der Waals surface area contributed by atoms with Crippen LogP contribution in [0, 0.1) is 0 Å². The second-order valence-electron chi connectivity index (χ2n) is 4.42. The van der Waals surface area contributed by atoms with Crippen LogP contribution in [-0.2, 0) is 0 Å². The van der Waals surface area contributed by atoms with E-state index in [1.807, 2.05) is 11.0 Å². The summed E-state index contributed by atoms with van der Waals surface area (Å²) < 4.78 is 0. The summed E-state index contributed by atoms with van der Waals surface area (Å²) in [5, 5.41) is 3.41. The van der Waals surface area contributed by atoms with Crippen molar-refractivity contribution < 1.29 is 4.79 Å². The molecule has 2 rings (SSSR count). The quantitative estimate of drug-likeness (QED) is 0.857. The van der Waals surface area contributed by atoms with Gasteiger partial charge in [0.25, 0.3) is 5.91 Å². The monoisotopic (exact) mass is 291 g/mol. The predicted octanol–water partition coefficient (Wildman–Crippen LogP) is 1.75. The van der Waals surface area contributed by atoms with Gasteiger partial charge in [0.05, 0.1) is 5.56 Å². The number of hydrogen-bond donors (Lipinski definition) is 1. The number of piperazine rings is 1. The van der Waals surface area contributed by atoms with Crippen LogP contribution < -0.4 is 5.32 Å². The lowest BCUT2D eigenvalue weighted by atomic mass is 10.1. The molecule has 1 aromatic heterocycles. The van der Waals surface area contributed by atoms with Crippen LogP contribution >= 0.6 is 24.8 Å². The van der Waals surface area contributed by atoms with E-state index >= 15 is 0 Å². The number of amides is 1. The summed E-state index contributed by atoms with van der Waals surface area (Å²) in [6.07, 6.45) is 3.31. The average Bonchev–Trinajstić information content (AvgIpc) is 2.28. The molecule has 0 spiro atoms. The van der Waals surface area contributed by atoms with Gasteiger partial charge in [0.2, 0.25) is 0 Å². The van der Waals surface area contributed by atoms with Crippen molar-refractivity contribution in [1.82, 2.24) is 15.2 Å². The van der Waals surface area contributed by atoms with Crippen molar-refractivity contribution in [3.05, 3.63) is 30.1 Å². The van der Waals surface area contributed by atoms with E-state index in [9.17, 15) is 4.79 Å². The largest absolute Gasteiger partial charge is 0.335 e. The van der Waals surface area contributed by atoms with E-state index in [1.54, 1.807) is 18.5 Å². The Morgan fingerprint density at radius 2 is 1.94 bits per heavy atom. The van der Waals surface area contributed by atoms with Gasteiger partial charge < -0.3 is 10.2 Å². The Bertz CT molecular complexity index is 365. The van der Waals surface area contributed by atoms with Crippen molar-refractivity contribution in [3.8, 4) is 0 Å². The molecule has 0 radical (unpaired) electrons. The third-order valence-corrected chi connectivity index (χ3v) is 2.75. The minimum absolute atomic E-state index is 0. The molecule has 0 aliphatic carbocycles. The highest BCUT2D eigenvalue weighted by Crippen LogP contribution is 2.09. The fraction of sp³-hybridized carbons (Fsp3) is 0.500. The molecule has 1 saturated heterocycles. The van der Waals surface area contributed by atoms with Gasteiger partial charge in [-0.2, -0.15) is 0 Å². The van der Waals surface area contributed by atoms with Crippen LogP contribution in [0.4, 0.5) is 0 Å². The Balaban J connectivity index is 0.00000144. The van der Waals surface area contributed by atoms with E-state index in [0.29, 0.717) is 17.6 Å². The Labute approximate surface area is 120 Å². The van der Waals surface area contributed by atoms with E-state index in [1.165, 1.54) is 0 Å². The summed E-state index contributed by atoms with van der Waals surface area (Å²) in [4.78, 5) is 18.0. The molecule has 1 aliphatic rings. The zero-order valence-electron chi connectivity index (χ0n) is 10.5. The normalized spacial score (nSPS) is 22.7. The third kappa shape index (κ3) is 4.12. The van der Waals surface area contributed by atoms with Crippen LogP contribution in [0.3, 0.4) is 0 Å². The van der Waals surface area contributed by atoms with Gasteiger partial charge in [-0.1, -0.05) is 0 Å². The third-order valence-electron chi connectivity index (χ3n) is 2.75. The van der Waals surface area contributed by atoms with Crippen LogP contribution in [0.1, 0.15) is 24.2 Å². The molecule has 1 aromatic rings. The zero-order chi connectivity index (χ0) is 11.5. The lowest BCUT2D eigenvalue weighted by Gasteiger charge is -2.36. The van der Waals surface area contributed by atoms with E-state index < -0.39 is 0 Å². The number of nitrogens with zero attached hydrogens (tertiary/aromatic N) is 2. The molecular formula is C12H19Cl2N3O. The number of aromatic nitrogens is 1. The lowest BCUT2D eigenvalue weighted by molar-refractivity contribution is 0.0673. The molecule has 6 heteroatoms. The van der Waals surface area contributed by atoms with Crippen molar-refractivity contribution >= 4 is 30.7 Å². The van der Waals surface area contributed by atoms with Crippen molar-refractivity contribution in [3.63, 3.8) is 0 Å². The topological polar surface area (TPSA) is 45.2 Å². The summed E-state index contributed by atoms with van der Waals surface area (Å²) in [6.45, 7) is 5.72. The SMILES string of the molecule is CC1CN(C(=O)c2cccnc2)CC(C)N1.Cl.Cl. The minimum Gasteiger partial charge on any atom is -0.335 e. The molecule has 1 aliphatic heterocycles. The Morgan fingerprint density at radius 1 is 1.33 bits per heavy atom. The first-order chi connectivity index (χ1) is 7.66. The van der Waals surface area contributed by atoms with Gasteiger partial charge in [0.15, 0.2) is 0 Å². The average molecular weight is 292 g/mol. The number of carbonyl (C=O) groups excluding carboxylic acids is 1. The molecule has 1 N–H and O–H groups in total. The molecule has 4 nitrogen and oxygen atoms in total. The van der Waals surface area contributed by atoms with E-state index in [0.717, 1.165) is 13.1 Å². The lowest BCUT2D eigenvalue weighted by Crippen LogP contribution is -2.55. The van der Waals surface area contributed by atoms with Gasteiger partial charge in [0.1, 0.15) is 0 Å². The number of nitrogens with one attached hydrogen (secondary N) is 1. The Hall–Kier alpha value is -0.840. The highest BCUT2D eigenvalue weighted by atomic mass is 35.5. The Kier molecular flexibility index (Phi) is 7.21.